The molecule has 0 unspecified atom stereocenters. The molecule has 0 amide bonds. The fourth-order valence-electron chi connectivity index (χ4n) is 2.96. The molecule has 3 aromatic rings. The van der Waals surface area contributed by atoms with Crippen LogP contribution < -0.4 is 10.2 Å². The first-order chi connectivity index (χ1) is 12.3. The summed E-state index contributed by atoms with van der Waals surface area (Å²) in [5.41, 5.74) is 4.92. The molecule has 0 aliphatic rings. The van der Waals surface area contributed by atoms with Gasteiger partial charge in [-0.25, -0.2) is 0 Å². The van der Waals surface area contributed by atoms with E-state index in [9.17, 15) is 5.26 Å². The Morgan fingerprint density at radius 1 is 0.800 bits per heavy atom. The van der Waals surface area contributed by atoms with Gasteiger partial charge in [0.15, 0.2) is 0 Å². The maximum Gasteiger partial charge on any atom is 0.104 e. The maximum atomic E-state index is 9.69. The average molecular weight is 327 g/mol. The van der Waals surface area contributed by atoms with E-state index in [2.05, 4.69) is 40.6 Å². The minimum atomic E-state index is 0.678. The average Bonchev–Trinajstić information content (AvgIpc) is 2.68. The van der Waals surface area contributed by atoms with E-state index in [1.807, 2.05) is 61.6 Å². The lowest BCUT2D eigenvalue weighted by Gasteiger charge is -2.27. The summed E-state index contributed by atoms with van der Waals surface area (Å²) in [6, 6.07) is 29.0. The van der Waals surface area contributed by atoms with Crippen LogP contribution >= 0.6 is 0 Å². The molecule has 3 rings (SSSR count). The lowest BCUT2D eigenvalue weighted by molar-refractivity contribution is 0.799. The number of rotatable bonds is 6. The van der Waals surface area contributed by atoms with Crippen LogP contribution in [0.3, 0.4) is 0 Å². The summed E-state index contributed by atoms with van der Waals surface area (Å²) in [6.45, 7) is 1.50. The number of nitriles is 1. The predicted molar refractivity (Wildman–Crippen MR) is 103 cm³/mol. The summed E-state index contributed by atoms with van der Waals surface area (Å²) in [4.78, 5) is 2.25. The monoisotopic (exact) mass is 327 g/mol. The van der Waals surface area contributed by atoms with Crippen LogP contribution in [-0.4, -0.2) is 7.05 Å². The van der Waals surface area contributed by atoms with Gasteiger partial charge < -0.3 is 10.2 Å². The standard InChI is InChI=1S/C22H21N3/c1-24-21-13-8-14-22(20(21)15-23)25(16-18-9-4-2-5-10-18)17-19-11-6-3-7-12-19/h2-14,24H,16-17H2,1H3. The largest absolute Gasteiger partial charge is 0.387 e. The van der Waals surface area contributed by atoms with Crippen LogP contribution in [-0.2, 0) is 13.1 Å². The zero-order valence-corrected chi connectivity index (χ0v) is 14.3. The Hall–Kier alpha value is -3.25. The number of anilines is 2. The Bertz CT molecular complexity index is 810. The van der Waals surface area contributed by atoms with E-state index < -0.39 is 0 Å². The van der Waals surface area contributed by atoms with E-state index in [0.29, 0.717) is 5.56 Å². The second kappa shape index (κ2) is 8.03. The van der Waals surface area contributed by atoms with Gasteiger partial charge in [-0.3, -0.25) is 0 Å². The van der Waals surface area contributed by atoms with E-state index in [0.717, 1.165) is 24.5 Å². The van der Waals surface area contributed by atoms with Crippen molar-refractivity contribution in [3.8, 4) is 6.07 Å². The zero-order chi connectivity index (χ0) is 17.5. The predicted octanol–water partition coefficient (Wildman–Crippen LogP) is 4.81. The third-order valence-electron chi connectivity index (χ3n) is 4.20. The van der Waals surface area contributed by atoms with E-state index in [1.54, 1.807) is 0 Å². The minimum Gasteiger partial charge on any atom is -0.387 e. The number of hydrogen-bond acceptors (Lipinski definition) is 3. The fourth-order valence-corrected chi connectivity index (χ4v) is 2.96. The first-order valence-electron chi connectivity index (χ1n) is 8.35. The van der Waals surface area contributed by atoms with Crippen LogP contribution in [0, 0.1) is 11.3 Å². The van der Waals surface area contributed by atoms with Gasteiger partial charge in [0.05, 0.1) is 16.9 Å². The van der Waals surface area contributed by atoms with Crippen LogP contribution in [0.1, 0.15) is 16.7 Å². The van der Waals surface area contributed by atoms with Crippen molar-refractivity contribution >= 4 is 11.4 Å². The SMILES string of the molecule is CNc1cccc(N(Cc2ccccc2)Cc2ccccc2)c1C#N. The molecule has 0 atom stereocenters. The van der Waals surface area contributed by atoms with Crippen molar-refractivity contribution < 1.29 is 0 Å². The lowest BCUT2D eigenvalue weighted by Crippen LogP contribution is -2.23. The van der Waals surface area contributed by atoms with E-state index in [-0.39, 0.29) is 0 Å². The lowest BCUT2D eigenvalue weighted by atomic mass is 10.1. The summed E-state index contributed by atoms with van der Waals surface area (Å²) in [5, 5.41) is 12.8. The Kier molecular flexibility index (Phi) is 5.33. The van der Waals surface area contributed by atoms with Crippen molar-refractivity contribution in [1.82, 2.24) is 0 Å². The Morgan fingerprint density at radius 2 is 1.36 bits per heavy atom. The van der Waals surface area contributed by atoms with Crippen molar-refractivity contribution in [3.05, 3.63) is 95.6 Å². The normalized spacial score (nSPS) is 10.1. The molecule has 0 aliphatic heterocycles. The first kappa shape index (κ1) is 16.6. The van der Waals surface area contributed by atoms with Gasteiger partial charge in [-0.05, 0) is 23.3 Å². The van der Waals surface area contributed by atoms with Gasteiger partial charge in [-0.2, -0.15) is 5.26 Å². The Balaban J connectivity index is 2.00. The second-order valence-corrected chi connectivity index (χ2v) is 5.89. The van der Waals surface area contributed by atoms with E-state index in [1.165, 1.54) is 11.1 Å². The highest BCUT2D eigenvalue weighted by Gasteiger charge is 2.15. The molecule has 0 saturated carbocycles. The van der Waals surface area contributed by atoms with E-state index in [4.69, 9.17) is 0 Å². The third-order valence-corrected chi connectivity index (χ3v) is 4.20. The molecule has 3 aromatic carbocycles. The molecule has 1 N–H and O–H groups in total. The zero-order valence-electron chi connectivity index (χ0n) is 14.3. The van der Waals surface area contributed by atoms with Crippen LogP contribution in [0.2, 0.25) is 0 Å². The highest BCUT2D eigenvalue weighted by molar-refractivity contribution is 5.72. The molecule has 0 aromatic heterocycles. The topological polar surface area (TPSA) is 39.1 Å². The molecular formula is C22H21N3. The quantitative estimate of drug-likeness (QED) is 0.706. The molecule has 25 heavy (non-hydrogen) atoms. The maximum absolute atomic E-state index is 9.69. The molecule has 0 spiro atoms. The summed E-state index contributed by atoms with van der Waals surface area (Å²) in [6.07, 6.45) is 0. The van der Waals surface area contributed by atoms with Crippen molar-refractivity contribution in [3.63, 3.8) is 0 Å². The van der Waals surface area contributed by atoms with Crippen LogP contribution in [0.5, 0.6) is 0 Å². The smallest absolute Gasteiger partial charge is 0.104 e. The van der Waals surface area contributed by atoms with Gasteiger partial charge in [0, 0.05) is 20.1 Å². The van der Waals surface area contributed by atoms with Gasteiger partial charge in [0.25, 0.3) is 0 Å². The van der Waals surface area contributed by atoms with Gasteiger partial charge in [0.2, 0.25) is 0 Å². The Labute approximate surface area is 149 Å². The van der Waals surface area contributed by atoms with Crippen LogP contribution in [0.25, 0.3) is 0 Å². The van der Waals surface area contributed by atoms with Gasteiger partial charge in [-0.15, -0.1) is 0 Å². The molecule has 0 saturated heterocycles. The first-order valence-corrected chi connectivity index (χ1v) is 8.35. The number of nitrogens with zero attached hydrogens (tertiary/aromatic N) is 2. The van der Waals surface area contributed by atoms with E-state index >= 15 is 0 Å². The van der Waals surface area contributed by atoms with Crippen LogP contribution in [0.15, 0.2) is 78.9 Å². The Morgan fingerprint density at radius 3 is 1.84 bits per heavy atom. The minimum absolute atomic E-state index is 0.678. The van der Waals surface area contributed by atoms with Crippen molar-refractivity contribution in [1.29, 1.82) is 5.26 Å². The molecule has 0 fully saturated rings. The number of nitrogens with one attached hydrogen (secondary N) is 1. The highest BCUT2D eigenvalue weighted by atomic mass is 15.1. The fraction of sp³-hybridized carbons (Fsp3) is 0.136. The number of benzene rings is 3. The molecule has 0 aliphatic carbocycles. The van der Waals surface area contributed by atoms with Gasteiger partial charge in [0.1, 0.15) is 6.07 Å². The summed E-state index contributed by atoms with van der Waals surface area (Å²) in [7, 11) is 1.85. The highest BCUT2D eigenvalue weighted by Crippen LogP contribution is 2.29. The molecule has 0 heterocycles. The third kappa shape index (κ3) is 3.99. The van der Waals surface area contributed by atoms with Crippen molar-refractivity contribution in [2.75, 3.05) is 17.3 Å². The molecule has 124 valence electrons. The van der Waals surface area contributed by atoms with Gasteiger partial charge in [-0.1, -0.05) is 66.7 Å². The molecule has 3 heteroatoms. The van der Waals surface area contributed by atoms with Gasteiger partial charge >= 0.3 is 0 Å². The molecular weight excluding hydrogens is 306 g/mol. The number of hydrogen-bond donors (Lipinski definition) is 1. The van der Waals surface area contributed by atoms with Crippen molar-refractivity contribution in [2.45, 2.75) is 13.1 Å². The summed E-state index contributed by atoms with van der Waals surface area (Å²) >= 11 is 0. The molecule has 0 bridgehead atoms. The molecule has 3 nitrogen and oxygen atoms in total. The summed E-state index contributed by atoms with van der Waals surface area (Å²) < 4.78 is 0. The van der Waals surface area contributed by atoms with Crippen LogP contribution in [0.4, 0.5) is 11.4 Å². The molecule has 0 radical (unpaired) electrons. The summed E-state index contributed by atoms with van der Waals surface area (Å²) in [5.74, 6) is 0. The second-order valence-electron chi connectivity index (χ2n) is 5.89. The van der Waals surface area contributed by atoms with Crippen molar-refractivity contribution in [2.24, 2.45) is 0 Å².